The summed E-state index contributed by atoms with van der Waals surface area (Å²) in [5.41, 5.74) is 1.77. The molecule has 2 rings (SSSR count). The van der Waals surface area contributed by atoms with Crippen LogP contribution < -0.4 is 5.32 Å². The predicted molar refractivity (Wildman–Crippen MR) is 99.5 cm³/mol. The number of aryl methyl sites for hydroxylation is 1. The molecule has 0 radical (unpaired) electrons. The van der Waals surface area contributed by atoms with Crippen molar-refractivity contribution in [1.29, 1.82) is 0 Å². The smallest absolute Gasteiger partial charge is 0.0487 e. The van der Waals surface area contributed by atoms with Crippen LogP contribution in [0.25, 0.3) is 10.1 Å². The first-order chi connectivity index (χ1) is 9.97. The number of hydrogen-bond donors (Lipinski definition) is 1. The van der Waals surface area contributed by atoms with Crippen molar-refractivity contribution in [1.82, 2.24) is 5.32 Å². The van der Waals surface area contributed by atoms with Crippen molar-refractivity contribution in [2.24, 2.45) is 0 Å². The maximum Gasteiger partial charge on any atom is 0.0487 e. The van der Waals surface area contributed by atoms with E-state index in [1.807, 2.05) is 11.3 Å². The summed E-state index contributed by atoms with van der Waals surface area (Å²) in [4.78, 5) is 0. The number of rotatable bonds is 7. The summed E-state index contributed by atoms with van der Waals surface area (Å²) in [6.07, 6.45) is 6.45. The van der Waals surface area contributed by atoms with Crippen molar-refractivity contribution >= 4 is 37.4 Å². The minimum absolute atomic E-state index is 0.253. The van der Waals surface area contributed by atoms with Gasteiger partial charge in [-0.1, -0.05) is 25.0 Å². The number of thiophene rings is 1. The van der Waals surface area contributed by atoms with Gasteiger partial charge < -0.3 is 5.32 Å². The van der Waals surface area contributed by atoms with E-state index < -0.39 is 0 Å². The Bertz CT molecular complexity index is 568. The van der Waals surface area contributed by atoms with Gasteiger partial charge in [0.1, 0.15) is 0 Å². The Balaban J connectivity index is 1.70. The molecule has 0 saturated carbocycles. The first-order valence-electron chi connectivity index (χ1n) is 7.87. The molecule has 0 aliphatic carbocycles. The average molecular weight is 368 g/mol. The van der Waals surface area contributed by atoms with Crippen LogP contribution in [0.4, 0.5) is 0 Å². The fraction of sp³-hybridized carbons (Fsp3) is 0.556. The summed E-state index contributed by atoms with van der Waals surface area (Å²) in [5, 5.41) is 7.32. The quantitative estimate of drug-likeness (QED) is 0.578. The molecule has 0 aliphatic heterocycles. The average Bonchev–Trinajstić information content (AvgIpc) is 2.81. The standard InChI is InChI=1S/C18H26BrNS/c1-18(2,3)20-12-7-5-4-6-9-14-13-21-17-15(14)10-8-11-16(17)19/h8,10-11,13,20H,4-7,9,12H2,1-3H3. The lowest BCUT2D eigenvalue weighted by Crippen LogP contribution is -2.36. The molecule has 0 bridgehead atoms. The molecular formula is C18H26BrNS. The molecule has 0 aliphatic rings. The van der Waals surface area contributed by atoms with E-state index in [1.54, 1.807) is 0 Å². The van der Waals surface area contributed by atoms with Crippen LogP contribution in [0.1, 0.15) is 52.0 Å². The fourth-order valence-electron chi connectivity index (χ4n) is 2.53. The van der Waals surface area contributed by atoms with E-state index in [4.69, 9.17) is 0 Å². The van der Waals surface area contributed by atoms with Crippen molar-refractivity contribution in [3.63, 3.8) is 0 Å². The summed E-state index contributed by atoms with van der Waals surface area (Å²) in [6.45, 7) is 7.82. The molecule has 0 amide bonds. The molecular weight excluding hydrogens is 342 g/mol. The Labute approximate surface area is 141 Å². The van der Waals surface area contributed by atoms with E-state index in [0.717, 1.165) is 6.54 Å². The molecule has 0 saturated heterocycles. The van der Waals surface area contributed by atoms with Gasteiger partial charge >= 0.3 is 0 Å². The van der Waals surface area contributed by atoms with Crippen LogP contribution in [0.5, 0.6) is 0 Å². The third-order valence-corrected chi connectivity index (χ3v) is 5.66. The lowest BCUT2D eigenvalue weighted by molar-refractivity contribution is 0.416. The van der Waals surface area contributed by atoms with Crippen LogP contribution in [0.15, 0.2) is 28.1 Å². The van der Waals surface area contributed by atoms with Crippen molar-refractivity contribution < 1.29 is 0 Å². The molecule has 116 valence electrons. The van der Waals surface area contributed by atoms with Crippen molar-refractivity contribution in [2.75, 3.05) is 6.54 Å². The summed E-state index contributed by atoms with van der Waals surface area (Å²) in [7, 11) is 0. The van der Waals surface area contributed by atoms with E-state index in [2.05, 4.69) is 65.6 Å². The van der Waals surface area contributed by atoms with Gasteiger partial charge in [0.25, 0.3) is 0 Å². The maximum absolute atomic E-state index is 3.64. The molecule has 0 atom stereocenters. The second-order valence-corrected chi connectivity index (χ2v) is 8.45. The van der Waals surface area contributed by atoms with Crippen LogP contribution in [-0.2, 0) is 6.42 Å². The van der Waals surface area contributed by atoms with E-state index in [9.17, 15) is 0 Å². The van der Waals surface area contributed by atoms with Gasteiger partial charge in [0.2, 0.25) is 0 Å². The highest BCUT2D eigenvalue weighted by Crippen LogP contribution is 2.32. The van der Waals surface area contributed by atoms with E-state index in [0.29, 0.717) is 0 Å². The van der Waals surface area contributed by atoms with Gasteiger partial charge in [-0.05, 0) is 84.9 Å². The van der Waals surface area contributed by atoms with E-state index in [1.165, 1.54) is 52.2 Å². The van der Waals surface area contributed by atoms with Gasteiger partial charge in [0.15, 0.2) is 0 Å². The van der Waals surface area contributed by atoms with Crippen LogP contribution in [0.2, 0.25) is 0 Å². The number of hydrogen-bond acceptors (Lipinski definition) is 2. The van der Waals surface area contributed by atoms with Gasteiger partial charge in [-0.2, -0.15) is 0 Å². The molecule has 21 heavy (non-hydrogen) atoms. The summed E-state index contributed by atoms with van der Waals surface area (Å²) < 4.78 is 2.62. The lowest BCUT2D eigenvalue weighted by atomic mass is 10.0. The van der Waals surface area contributed by atoms with E-state index >= 15 is 0 Å². The van der Waals surface area contributed by atoms with Gasteiger partial charge in [0.05, 0.1) is 0 Å². The Morgan fingerprint density at radius 2 is 1.86 bits per heavy atom. The second kappa shape index (κ2) is 7.75. The topological polar surface area (TPSA) is 12.0 Å². The molecule has 1 heterocycles. The van der Waals surface area contributed by atoms with Crippen LogP contribution in [0.3, 0.4) is 0 Å². The SMILES string of the molecule is CC(C)(C)NCCCCCCc1csc2c(Br)cccc12. The van der Waals surface area contributed by atoms with Crippen LogP contribution in [0, 0.1) is 0 Å². The Hall–Kier alpha value is -0.380. The number of nitrogens with one attached hydrogen (secondary N) is 1. The molecule has 1 aromatic carbocycles. The van der Waals surface area contributed by atoms with Gasteiger partial charge in [-0.3, -0.25) is 0 Å². The number of unbranched alkanes of at least 4 members (excludes halogenated alkanes) is 3. The summed E-state index contributed by atoms with van der Waals surface area (Å²) in [6, 6.07) is 6.52. The molecule has 0 spiro atoms. The highest BCUT2D eigenvalue weighted by Gasteiger charge is 2.08. The van der Waals surface area contributed by atoms with Crippen molar-refractivity contribution in [3.05, 3.63) is 33.6 Å². The van der Waals surface area contributed by atoms with E-state index in [-0.39, 0.29) is 5.54 Å². The zero-order chi connectivity index (χ0) is 15.3. The number of halogens is 1. The Morgan fingerprint density at radius 3 is 2.62 bits per heavy atom. The largest absolute Gasteiger partial charge is 0.312 e. The third kappa shape index (κ3) is 5.39. The second-order valence-electron chi connectivity index (χ2n) is 6.72. The van der Waals surface area contributed by atoms with Crippen molar-refractivity contribution in [2.45, 2.75) is 58.4 Å². The molecule has 0 unspecified atom stereocenters. The van der Waals surface area contributed by atoms with Crippen molar-refractivity contribution in [3.8, 4) is 0 Å². The Kier molecular flexibility index (Phi) is 6.27. The first kappa shape index (κ1) is 17.0. The minimum Gasteiger partial charge on any atom is -0.312 e. The fourth-order valence-corrected chi connectivity index (χ4v) is 4.18. The minimum atomic E-state index is 0.253. The molecule has 1 nitrogen and oxygen atoms in total. The summed E-state index contributed by atoms with van der Waals surface area (Å²) >= 11 is 5.50. The molecule has 1 aromatic heterocycles. The maximum atomic E-state index is 3.64. The zero-order valence-corrected chi connectivity index (χ0v) is 15.7. The zero-order valence-electron chi connectivity index (χ0n) is 13.3. The number of benzene rings is 1. The van der Waals surface area contributed by atoms with Gasteiger partial charge in [0, 0.05) is 14.7 Å². The lowest BCUT2D eigenvalue weighted by Gasteiger charge is -2.20. The highest BCUT2D eigenvalue weighted by molar-refractivity contribution is 9.10. The Morgan fingerprint density at radius 1 is 1.10 bits per heavy atom. The monoisotopic (exact) mass is 367 g/mol. The summed E-state index contributed by atoms with van der Waals surface area (Å²) in [5.74, 6) is 0. The predicted octanol–water partition coefficient (Wildman–Crippen LogP) is 6.15. The first-order valence-corrected chi connectivity index (χ1v) is 9.54. The normalized spacial score (nSPS) is 12.2. The van der Waals surface area contributed by atoms with Gasteiger partial charge in [-0.15, -0.1) is 11.3 Å². The van der Waals surface area contributed by atoms with Gasteiger partial charge in [-0.25, -0.2) is 0 Å². The molecule has 0 fully saturated rings. The highest BCUT2D eigenvalue weighted by atomic mass is 79.9. The molecule has 1 N–H and O–H groups in total. The third-order valence-electron chi connectivity index (χ3n) is 3.66. The van der Waals surface area contributed by atoms with Crippen LogP contribution in [-0.4, -0.2) is 12.1 Å². The molecule has 2 aromatic rings. The molecule has 3 heteroatoms. The number of fused-ring (bicyclic) bond motifs is 1. The van der Waals surface area contributed by atoms with Crippen LogP contribution >= 0.6 is 27.3 Å².